The summed E-state index contributed by atoms with van der Waals surface area (Å²) in [6.45, 7) is 13.4. The molecule has 0 fully saturated rings. The van der Waals surface area contributed by atoms with Crippen molar-refractivity contribution in [2.75, 3.05) is 0 Å². The average Bonchev–Trinajstić information content (AvgIpc) is 2.44. The second-order valence-corrected chi connectivity index (χ2v) is 7.80. The summed E-state index contributed by atoms with van der Waals surface area (Å²) in [4.78, 5) is 0. The van der Waals surface area contributed by atoms with Gasteiger partial charge in [0, 0.05) is 0 Å². The number of azo groups is 1. The molecule has 0 bridgehead atoms. The highest BCUT2D eigenvalue weighted by Gasteiger charge is 2.20. The van der Waals surface area contributed by atoms with Gasteiger partial charge >= 0.3 is 0 Å². The summed E-state index contributed by atoms with van der Waals surface area (Å²) in [5, 5.41) is 8.80. The van der Waals surface area contributed by atoms with Gasteiger partial charge in [0.25, 0.3) is 0 Å². The molecule has 0 heterocycles. The van der Waals surface area contributed by atoms with Crippen LogP contribution in [-0.4, -0.2) is 0 Å². The van der Waals surface area contributed by atoms with Crippen molar-refractivity contribution in [1.29, 1.82) is 0 Å². The fourth-order valence-electron chi connectivity index (χ4n) is 2.15. The minimum absolute atomic E-state index is 0.0955. The van der Waals surface area contributed by atoms with E-state index in [1.54, 1.807) is 0 Å². The molecule has 0 radical (unpaired) electrons. The Labute approximate surface area is 134 Å². The van der Waals surface area contributed by atoms with Crippen LogP contribution in [0.25, 0.3) is 0 Å². The summed E-state index contributed by atoms with van der Waals surface area (Å²) in [7, 11) is 0. The highest BCUT2D eigenvalue weighted by Crippen LogP contribution is 2.33. The normalized spacial score (nSPS) is 12.8. The van der Waals surface area contributed by atoms with Crippen molar-refractivity contribution in [2.24, 2.45) is 10.2 Å². The Morgan fingerprint density at radius 3 is 1.50 bits per heavy atom. The van der Waals surface area contributed by atoms with Crippen LogP contribution in [-0.2, 0) is 10.8 Å². The highest BCUT2D eigenvalue weighted by molar-refractivity contribution is 5.48. The minimum atomic E-state index is 0.0955. The topological polar surface area (TPSA) is 24.7 Å². The first-order valence-electron chi connectivity index (χ1n) is 7.79. The zero-order valence-corrected chi connectivity index (χ0v) is 14.5. The fraction of sp³-hybridized carbons (Fsp3) is 0.400. The van der Waals surface area contributed by atoms with Crippen molar-refractivity contribution in [3.63, 3.8) is 0 Å². The van der Waals surface area contributed by atoms with Crippen LogP contribution < -0.4 is 0 Å². The molecule has 116 valence electrons. The van der Waals surface area contributed by atoms with E-state index in [2.05, 4.69) is 70.0 Å². The summed E-state index contributed by atoms with van der Waals surface area (Å²) >= 11 is 0. The summed E-state index contributed by atoms with van der Waals surface area (Å²) < 4.78 is 0. The van der Waals surface area contributed by atoms with Gasteiger partial charge < -0.3 is 0 Å². The van der Waals surface area contributed by atoms with E-state index in [0.29, 0.717) is 0 Å². The third kappa shape index (κ3) is 4.27. The molecule has 2 rings (SSSR count). The van der Waals surface area contributed by atoms with Crippen LogP contribution in [0.4, 0.5) is 11.4 Å². The minimum Gasteiger partial charge on any atom is -0.151 e. The summed E-state index contributed by atoms with van der Waals surface area (Å²) in [6.07, 6.45) is 0. The lowest BCUT2D eigenvalue weighted by molar-refractivity contribution is 0.568. The molecule has 0 saturated carbocycles. The molecule has 2 nitrogen and oxygen atoms in total. The molecule has 0 aliphatic carbocycles. The van der Waals surface area contributed by atoms with Crippen LogP contribution in [0.15, 0.2) is 58.8 Å². The van der Waals surface area contributed by atoms with Crippen LogP contribution in [0.2, 0.25) is 0 Å². The van der Waals surface area contributed by atoms with Crippen LogP contribution in [0, 0.1) is 0 Å². The summed E-state index contributed by atoms with van der Waals surface area (Å²) in [5.74, 6) is 0. The van der Waals surface area contributed by atoms with E-state index in [9.17, 15) is 0 Å². The Morgan fingerprint density at radius 2 is 1.05 bits per heavy atom. The van der Waals surface area contributed by atoms with Crippen LogP contribution in [0.3, 0.4) is 0 Å². The number of nitrogens with zero attached hydrogens (tertiary/aromatic N) is 2. The molecule has 0 atom stereocenters. The lowest BCUT2D eigenvalue weighted by atomic mass is 9.80. The van der Waals surface area contributed by atoms with Gasteiger partial charge in [-0.1, -0.05) is 65.8 Å². The molecule has 0 spiro atoms. The van der Waals surface area contributed by atoms with Gasteiger partial charge in [0.15, 0.2) is 0 Å². The Morgan fingerprint density at radius 1 is 0.591 bits per heavy atom. The van der Waals surface area contributed by atoms with Crippen molar-refractivity contribution in [1.82, 2.24) is 0 Å². The van der Waals surface area contributed by atoms with Gasteiger partial charge in [-0.25, -0.2) is 0 Å². The number of benzene rings is 2. The lowest BCUT2D eigenvalue weighted by Crippen LogP contribution is -2.16. The zero-order valence-electron chi connectivity index (χ0n) is 14.5. The molecule has 2 aromatic carbocycles. The standard InChI is InChI=1S/C20H26N2/c1-19(2,3)15-12-16(20(4,5)6)14-18(13-15)22-21-17-10-8-7-9-11-17/h7-14H,1-6H3/b22-21+. The van der Waals surface area contributed by atoms with E-state index in [4.69, 9.17) is 0 Å². The van der Waals surface area contributed by atoms with Crippen LogP contribution in [0.5, 0.6) is 0 Å². The Hall–Kier alpha value is -1.96. The maximum atomic E-state index is 4.45. The maximum absolute atomic E-state index is 4.45. The predicted octanol–water partition coefficient (Wildman–Crippen LogP) is 6.70. The van der Waals surface area contributed by atoms with E-state index in [-0.39, 0.29) is 10.8 Å². The van der Waals surface area contributed by atoms with Gasteiger partial charge in [-0.05, 0) is 46.2 Å². The van der Waals surface area contributed by atoms with Crippen molar-refractivity contribution in [3.05, 3.63) is 59.7 Å². The van der Waals surface area contributed by atoms with Gasteiger partial charge in [0.1, 0.15) is 0 Å². The summed E-state index contributed by atoms with van der Waals surface area (Å²) in [6, 6.07) is 16.4. The van der Waals surface area contributed by atoms with Crippen molar-refractivity contribution >= 4 is 11.4 Å². The highest BCUT2D eigenvalue weighted by atomic mass is 15.1. The molecule has 0 aromatic heterocycles. The largest absolute Gasteiger partial charge is 0.151 e. The predicted molar refractivity (Wildman–Crippen MR) is 94.5 cm³/mol. The average molecular weight is 294 g/mol. The Kier molecular flexibility index (Phi) is 4.50. The van der Waals surface area contributed by atoms with Gasteiger partial charge in [0.05, 0.1) is 11.4 Å². The molecule has 0 aliphatic heterocycles. The molecule has 0 aliphatic rings. The van der Waals surface area contributed by atoms with E-state index >= 15 is 0 Å². The first-order chi connectivity index (χ1) is 10.2. The van der Waals surface area contributed by atoms with Gasteiger partial charge in [-0.2, -0.15) is 10.2 Å². The van der Waals surface area contributed by atoms with Gasteiger partial charge in [0.2, 0.25) is 0 Å². The molecular formula is C20H26N2. The number of hydrogen-bond acceptors (Lipinski definition) is 2. The number of hydrogen-bond donors (Lipinski definition) is 0. The molecule has 0 saturated heterocycles. The van der Waals surface area contributed by atoms with E-state index in [1.165, 1.54) is 11.1 Å². The Balaban J connectivity index is 2.45. The van der Waals surface area contributed by atoms with Crippen molar-refractivity contribution < 1.29 is 0 Å². The molecule has 22 heavy (non-hydrogen) atoms. The molecule has 0 amide bonds. The first kappa shape index (κ1) is 16.4. The molecule has 0 N–H and O–H groups in total. The van der Waals surface area contributed by atoms with E-state index in [0.717, 1.165) is 11.4 Å². The van der Waals surface area contributed by atoms with Crippen molar-refractivity contribution in [2.45, 2.75) is 52.4 Å². The molecular weight excluding hydrogens is 268 g/mol. The molecule has 2 heteroatoms. The van der Waals surface area contributed by atoms with E-state index < -0.39 is 0 Å². The van der Waals surface area contributed by atoms with Gasteiger partial charge in [-0.3, -0.25) is 0 Å². The van der Waals surface area contributed by atoms with Crippen LogP contribution >= 0.6 is 0 Å². The zero-order chi connectivity index (χ0) is 16.4. The fourth-order valence-corrected chi connectivity index (χ4v) is 2.15. The first-order valence-corrected chi connectivity index (χ1v) is 7.79. The lowest BCUT2D eigenvalue weighted by Gasteiger charge is -2.25. The second kappa shape index (κ2) is 6.04. The monoisotopic (exact) mass is 294 g/mol. The third-order valence-electron chi connectivity index (χ3n) is 3.69. The SMILES string of the molecule is CC(C)(C)c1cc(/N=N/c2ccccc2)cc(C(C)(C)C)c1. The van der Waals surface area contributed by atoms with Gasteiger partial charge in [-0.15, -0.1) is 0 Å². The number of rotatable bonds is 2. The maximum Gasteiger partial charge on any atom is 0.0862 e. The third-order valence-corrected chi connectivity index (χ3v) is 3.69. The Bertz CT molecular complexity index is 624. The molecule has 0 unspecified atom stereocenters. The second-order valence-electron chi connectivity index (χ2n) is 7.80. The van der Waals surface area contributed by atoms with E-state index in [1.807, 2.05) is 30.3 Å². The summed E-state index contributed by atoms with van der Waals surface area (Å²) in [5.41, 5.74) is 4.57. The van der Waals surface area contributed by atoms with Crippen LogP contribution in [0.1, 0.15) is 52.7 Å². The quantitative estimate of drug-likeness (QED) is 0.551. The smallest absolute Gasteiger partial charge is 0.0862 e. The molecule has 2 aromatic rings. The van der Waals surface area contributed by atoms with Crippen molar-refractivity contribution in [3.8, 4) is 0 Å².